The molecule has 1 aliphatic rings. The van der Waals surface area contributed by atoms with Crippen LogP contribution in [0.4, 0.5) is 0 Å². The molecule has 12 heavy (non-hydrogen) atoms. The van der Waals surface area contributed by atoms with Gasteiger partial charge in [0.2, 0.25) is 0 Å². The van der Waals surface area contributed by atoms with Crippen molar-refractivity contribution in [2.75, 3.05) is 0 Å². The Kier molecular flexibility index (Phi) is 2.90. The summed E-state index contributed by atoms with van der Waals surface area (Å²) in [4.78, 5) is 0. The zero-order valence-corrected chi connectivity index (χ0v) is 7.97. The smallest absolute Gasteiger partial charge is 0.282 e. The fraction of sp³-hybridized carbons (Fsp3) is 0.750. The summed E-state index contributed by atoms with van der Waals surface area (Å²) in [6.45, 7) is 2.16. The van der Waals surface area contributed by atoms with Crippen LogP contribution in [0.3, 0.4) is 0 Å². The van der Waals surface area contributed by atoms with Gasteiger partial charge >= 0.3 is 0 Å². The van der Waals surface area contributed by atoms with Crippen LogP contribution in [0.1, 0.15) is 32.6 Å². The normalized spacial score (nSPS) is 25.5. The zero-order chi connectivity index (χ0) is 9.19. The molecule has 1 saturated carbocycles. The topological polar surface area (TPSA) is 54.4 Å². The van der Waals surface area contributed by atoms with Gasteiger partial charge in [0.15, 0.2) is 0 Å². The molecule has 0 bridgehead atoms. The van der Waals surface area contributed by atoms with Crippen LogP contribution >= 0.6 is 0 Å². The fourth-order valence-electron chi connectivity index (χ4n) is 1.46. The standard InChI is InChI=1S/C8H14O3S/c1-7-2-4-8(5-3-7)6-12(9,10)11/h6-7H,2-5H2,1H3,(H,9,10,11). The van der Waals surface area contributed by atoms with Gasteiger partial charge in [0, 0.05) is 0 Å². The fourth-order valence-corrected chi connectivity index (χ4v) is 2.12. The lowest BCUT2D eigenvalue weighted by Gasteiger charge is -2.19. The van der Waals surface area contributed by atoms with E-state index >= 15 is 0 Å². The van der Waals surface area contributed by atoms with Crippen LogP contribution in [-0.2, 0) is 10.1 Å². The van der Waals surface area contributed by atoms with Crippen molar-refractivity contribution >= 4 is 10.1 Å². The van der Waals surface area contributed by atoms with Crippen molar-refractivity contribution < 1.29 is 13.0 Å². The number of rotatable bonds is 1. The molecule has 0 heterocycles. The predicted molar refractivity (Wildman–Crippen MR) is 47.3 cm³/mol. The summed E-state index contributed by atoms with van der Waals surface area (Å²) in [6, 6.07) is 0. The van der Waals surface area contributed by atoms with Crippen molar-refractivity contribution in [3.63, 3.8) is 0 Å². The minimum absolute atomic E-state index is 0.684. The average molecular weight is 190 g/mol. The largest absolute Gasteiger partial charge is 0.287 e. The number of allylic oxidation sites excluding steroid dienone is 1. The van der Waals surface area contributed by atoms with E-state index in [0.29, 0.717) is 5.92 Å². The van der Waals surface area contributed by atoms with Crippen LogP contribution in [0, 0.1) is 5.92 Å². The molecule has 70 valence electrons. The Bertz CT molecular complexity index is 267. The molecule has 0 atom stereocenters. The third-order valence-electron chi connectivity index (χ3n) is 2.23. The van der Waals surface area contributed by atoms with Gasteiger partial charge in [0.1, 0.15) is 0 Å². The zero-order valence-electron chi connectivity index (χ0n) is 7.16. The molecule has 0 saturated heterocycles. The molecule has 0 aliphatic heterocycles. The lowest BCUT2D eigenvalue weighted by Crippen LogP contribution is -2.05. The third-order valence-corrected chi connectivity index (χ3v) is 2.86. The van der Waals surface area contributed by atoms with Crippen molar-refractivity contribution in [2.45, 2.75) is 32.6 Å². The molecular weight excluding hydrogens is 176 g/mol. The molecule has 4 heteroatoms. The van der Waals surface area contributed by atoms with E-state index in [1.54, 1.807) is 0 Å². The van der Waals surface area contributed by atoms with Gasteiger partial charge in [-0.1, -0.05) is 12.5 Å². The molecule has 0 unspecified atom stereocenters. The van der Waals surface area contributed by atoms with E-state index < -0.39 is 10.1 Å². The highest BCUT2D eigenvalue weighted by Crippen LogP contribution is 2.27. The first-order chi connectivity index (χ1) is 5.47. The SMILES string of the molecule is CC1CCC(=CS(=O)(=O)O)CC1. The second-order valence-corrected chi connectivity index (χ2v) is 4.74. The maximum atomic E-state index is 10.5. The lowest BCUT2D eigenvalue weighted by molar-refractivity contribution is 0.442. The Labute approximate surface area is 73.2 Å². The van der Waals surface area contributed by atoms with E-state index in [9.17, 15) is 8.42 Å². The van der Waals surface area contributed by atoms with Crippen molar-refractivity contribution in [2.24, 2.45) is 5.92 Å². The third kappa shape index (κ3) is 3.36. The van der Waals surface area contributed by atoms with Crippen molar-refractivity contribution in [3.8, 4) is 0 Å². The Balaban J connectivity index is 2.62. The number of hydrogen-bond acceptors (Lipinski definition) is 2. The molecule has 3 nitrogen and oxygen atoms in total. The predicted octanol–water partition coefficient (Wildman–Crippen LogP) is 1.97. The van der Waals surface area contributed by atoms with Gasteiger partial charge in [-0.3, -0.25) is 4.55 Å². The summed E-state index contributed by atoms with van der Waals surface area (Å²) >= 11 is 0. The molecule has 0 aromatic carbocycles. The second kappa shape index (κ2) is 3.58. The summed E-state index contributed by atoms with van der Waals surface area (Å²) in [6.07, 6.45) is 3.67. The molecule has 0 aromatic rings. The van der Waals surface area contributed by atoms with Gasteiger partial charge in [-0.05, 0) is 31.6 Å². The van der Waals surface area contributed by atoms with E-state index in [0.717, 1.165) is 36.7 Å². The second-order valence-electron chi connectivity index (χ2n) is 3.47. The molecule has 1 rings (SSSR count). The first-order valence-electron chi connectivity index (χ1n) is 4.14. The summed E-state index contributed by atoms with van der Waals surface area (Å²) < 4.78 is 29.5. The van der Waals surface area contributed by atoms with Gasteiger partial charge in [0.25, 0.3) is 10.1 Å². The lowest BCUT2D eigenvalue weighted by atomic mass is 9.88. The van der Waals surface area contributed by atoms with Crippen LogP contribution in [0.15, 0.2) is 11.0 Å². The highest BCUT2D eigenvalue weighted by atomic mass is 32.2. The van der Waals surface area contributed by atoms with E-state index in [2.05, 4.69) is 6.92 Å². The van der Waals surface area contributed by atoms with Gasteiger partial charge < -0.3 is 0 Å². The molecule has 1 aliphatic carbocycles. The molecule has 0 spiro atoms. The summed E-state index contributed by atoms with van der Waals surface area (Å²) in [7, 11) is -3.90. The highest BCUT2D eigenvalue weighted by molar-refractivity contribution is 7.88. The monoisotopic (exact) mass is 190 g/mol. The summed E-state index contributed by atoms with van der Waals surface area (Å²) in [5.41, 5.74) is 0.857. The molecule has 0 aromatic heterocycles. The van der Waals surface area contributed by atoms with Crippen molar-refractivity contribution in [1.29, 1.82) is 0 Å². The van der Waals surface area contributed by atoms with Crippen molar-refractivity contribution in [3.05, 3.63) is 11.0 Å². The molecular formula is C8H14O3S. The maximum absolute atomic E-state index is 10.5. The number of hydrogen-bond donors (Lipinski definition) is 1. The minimum atomic E-state index is -3.90. The molecule has 0 radical (unpaired) electrons. The summed E-state index contributed by atoms with van der Waals surface area (Å²) in [5, 5.41) is 0.999. The minimum Gasteiger partial charge on any atom is -0.282 e. The van der Waals surface area contributed by atoms with Gasteiger partial charge in [0.05, 0.1) is 5.41 Å². The van der Waals surface area contributed by atoms with Gasteiger partial charge in [-0.15, -0.1) is 0 Å². The quantitative estimate of drug-likeness (QED) is 0.643. The Morgan fingerprint density at radius 3 is 2.33 bits per heavy atom. The van der Waals surface area contributed by atoms with Crippen LogP contribution in [-0.4, -0.2) is 13.0 Å². The van der Waals surface area contributed by atoms with Gasteiger partial charge in [-0.25, -0.2) is 0 Å². The Hall–Kier alpha value is -0.350. The Morgan fingerprint density at radius 2 is 1.92 bits per heavy atom. The molecule has 0 amide bonds. The first-order valence-corrected chi connectivity index (χ1v) is 5.64. The first kappa shape index (κ1) is 9.74. The van der Waals surface area contributed by atoms with Gasteiger partial charge in [-0.2, -0.15) is 8.42 Å². The van der Waals surface area contributed by atoms with E-state index in [-0.39, 0.29) is 0 Å². The molecule has 1 fully saturated rings. The van der Waals surface area contributed by atoms with E-state index in [4.69, 9.17) is 4.55 Å². The van der Waals surface area contributed by atoms with Crippen LogP contribution < -0.4 is 0 Å². The van der Waals surface area contributed by atoms with Crippen LogP contribution in [0.2, 0.25) is 0 Å². The average Bonchev–Trinajstić information content (AvgIpc) is 1.91. The highest BCUT2D eigenvalue weighted by Gasteiger charge is 2.13. The molecule has 1 N–H and O–H groups in total. The Morgan fingerprint density at radius 1 is 1.42 bits per heavy atom. The van der Waals surface area contributed by atoms with Crippen LogP contribution in [0.5, 0.6) is 0 Å². The van der Waals surface area contributed by atoms with Crippen molar-refractivity contribution in [1.82, 2.24) is 0 Å². The van der Waals surface area contributed by atoms with Crippen LogP contribution in [0.25, 0.3) is 0 Å². The van der Waals surface area contributed by atoms with E-state index in [1.807, 2.05) is 0 Å². The maximum Gasteiger partial charge on any atom is 0.287 e. The summed E-state index contributed by atoms with van der Waals surface area (Å²) in [5.74, 6) is 0.684. The van der Waals surface area contributed by atoms with E-state index in [1.165, 1.54) is 0 Å².